The van der Waals surface area contributed by atoms with Crippen LogP contribution < -0.4 is 10.6 Å². The van der Waals surface area contributed by atoms with E-state index in [1.165, 1.54) is 12.1 Å². The van der Waals surface area contributed by atoms with Gasteiger partial charge in [-0.05, 0) is 42.2 Å². The summed E-state index contributed by atoms with van der Waals surface area (Å²) in [7, 11) is 0. The van der Waals surface area contributed by atoms with E-state index in [2.05, 4.69) is 16.7 Å². The lowest BCUT2D eigenvalue weighted by atomic mass is 9.76. The van der Waals surface area contributed by atoms with E-state index in [0.29, 0.717) is 11.1 Å². The molecule has 2 aromatic rings. The second-order valence-electron chi connectivity index (χ2n) is 7.34. The Morgan fingerprint density at radius 3 is 2.72 bits per heavy atom. The molecule has 0 saturated carbocycles. The average molecular weight is 398 g/mol. The van der Waals surface area contributed by atoms with E-state index >= 15 is 0 Å². The minimum Gasteiger partial charge on any atom is -0.481 e. The summed E-state index contributed by atoms with van der Waals surface area (Å²) in [5.74, 6) is -2.44. The van der Waals surface area contributed by atoms with Crippen molar-refractivity contribution in [2.24, 2.45) is 5.92 Å². The van der Waals surface area contributed by atoms with E-state index < -0.39 is 17.6 Å². The molecule has 0 aromatic heterocycles. The average Bonchev–Trinajstić information content (AvgIpc) is 3.17. The molecule has 1 amide bonds. The zero-order chi connectivity index (χ0) is 20.5. The largest absolute Gasteiger partial charge is 0.481 e. The van der Waals surface area contributed by atoms with Crippen LogP contribution in [0.3, 0.4) is 0 Å². The smallest absolute Gasteiger partial charge is 0.305 e. The molecule has 1 heterocycles. The molecular formula is C22H20F2N2O3. The molecule has 1 aliphatic heterocycles. The number of allylic oxidation sites excluding steroid dienone is 2. The molecular weight excluding hydrogens is 378 g/mol. The Morgan fingerprint density at radius 1 is 1.14 bits per heavy atom. The van der Waals surface area contributed by atoms with E-state index in [1.807, 2.05) is 6.08 Å². The second-order valence-corrected chi connectivity index (χ2v) is 7.34. The zero-order valence-corrected chi connectivity index (χ0v) is 15.5. The molecule has 3 atom stereocenters. The fourth-order valence-corrected chi connectivity index (χ4v) is 4.18. The third kappa shape index (κ3) is 3.72. The van der Waals surface area contributed by atoms with Crippen LogP contribution in [0.2, 0.25) is 0 Å². The molecule has 1 aliphatic carbocycles. The highest BCUT2D eigenvalue weighted by Gasteiger charge is 2.39. The summed E-state index contributed by atoms with van der Waals surface area (Å²) in [4.78, 5) is 22.9. The van der Waals surface area contributed by atoms with Gasteiger partial charge in [-0.1, -0.05) is 18.2 Å². The molecule has 0 radical (unpaired) electrons. The zero-order valence-electron chi connectivity index (χ0n) is 15.5. The number of fused-ring (bicyclic) bond motifs is 3. The number of benzene rings is 2. The second kappa shape index (κ2) is 7.66. The maximum absolute atomic E-state index is 14.4. The standard InChI is InChI=1S/C22H20F2N2O3/c23-13-5-6-16(18(24)11-13)21-15-3-1-2-14(15)17-10-12(4-7-19(17)26-21)22(29)25-9-8-20(27)28/h1-2,4-7,10-11,14-15,21,26H,3,8-9H2,(H,25,29)(H,27,28)/t14-,15+,21+/m0/s1. The number of halogens is 2. The molecule has 7 heteroatoms. The number of amides is 1. The Bertz CT molecular complexity index is 1010. The SMILES string of the molecule is O=C(O)CCNC(=O)c1ccc2c(c1)[C@H]1C=CC[C@H]1[C@H](c1ccc(F)cc1F)N2. The van der Waals surface area contributed by atoms with Gasteiger partial charge in [0.2, 0.25) is 0 Å². The predicted octanol–water partition coefficient (Wildman–Crippen LogP) is 4.00. The Hall–Kier alpha value is -3.22. The highest BCUT2D eigenvalue weighted by atomic mass is 19.1. The molecule has 0 spiro atoms. The van der Waals surface area contributed by atoms with Crippen molar-refractivity contribution in [3.8, 4) is 0 Å². The first kappa shape index (κ1) is 19.1. The highest BCUT2D eigenvalue weighted by molar-refractivity contribution is 5.95. The van der Waals surface area contributed by atoms with Crippen molar-refractivity contribution < 1.29 is 23.5 Å². The molecule has 0 saturated heterocycles. The molecule has 2 aromatic carbocycles. The summed E-state index contributed by atoms with van der Waals surface area (Å²) in [5.41, 5.74) is 2.61. The summed E-state index contributed by atoms with van der Waals surface area (Å²) < 4.78 is 27.7. The minimum absolute atomic E-state index is 0.00692. The van der Waals surface area contributed by atoms with E-state index in [-0.39, 0.29) is 36.8 Å². The van der Waals surface area contributed by atoms with Gasteiger partial charge in [0.25, 0.3) is 5.91 Å². The van der Waals surface area contributed by atoms with E-state index in [1.54, 1.807) is 18.2 Å². The first-order chi connectivity index (χ1) is 13.9. The third-order valence-electron chi connectivity index (χ3n) is 5.55. The number of carbonyl (C=O) groups is 2. The molecule has 5 nitrogen and oxygen atoms in total. The van der Waals surface area contributed by atoms with Gasteiger partial charge in [0.1, 0.15) is 11.6 Å². The van der Waals surface area contributed by atoms with Gasteiger partial charge < -0.3 is 15.7 Å². The van der Waals surface area contributed by atoms with Gasteiger partial charge >= 0.3 is 5.97 Å². The van der Waals surface area contributed by atoms with Gasteiger partial charge in [-0.25, -0.2) is 8.78 Å². The number of carboxylic acid groups (broad SMARTS) is 1. The van der Waals surface area contributed by atoms with E-state index in [0.717, 1.165) is 23.7 Å². The Kier molecular flexibility index (Phi) is 5.05. The molecule has 3 N–H and O–H groups in total. The van der Waals surface area contributed by atoms with E-state index in [4.69, 9.17) is 5.11 Å². The first-order valence-corrected chi connectivity index (χ1v) is 9.46. The quantitative estimate of drug-likeness (QED) is 0.666. The third-order valence-corrected chi connectivity index (χ3v) is 5.55. The van der Waals surface area contributed by atoms with Gasteiger partial charge in [-0.15, -0.1) is 0 Å². The highest BCUT2D eigenvalue weighted by Crippen LogP contribution is 2.50. The molecule has 4 rings (SSSR count). The molecule has 0 unspecified atom stereocenters. The molecule has 0 bridgehead atoms. The van der Waals surface area contributed by atoms with Crippen molar-refractivity contribution in [1.29, 1.82) is 0 Å². The number of carbonyl (C=O) groups excluding carboxylic acids is 1. The lowest BCUT2D eigenvalue weighted by Crippen LogP contribution is -2.31. The summed E-state index contributed by atoms with van der Waals surface area (Å²) in [5, 5.41) is 14.7. The number of aliphatic carboxylic acids is 1. The van der Waals surface area contributed by atoms with Crippen LogP contribution in [-0.2, 0) is 4.79 Å². The van der Waals surface area contributed by atoms with Crippen LogP contribution in [0.5, 0.6) is 0 Å². The van der Waals surface area contributed by atoms with Gasteiger partial charge in [0.15, 0.2) is 0 Å². The van der Waals surface area contributed by atoms with Gasteiger partial charge in [-0.2, -0.15) is 0 Å². The van der Waals surface area contributed by atoms with Gasteiger partial charge in [0, 0.05) is 35.3 Å². The van der Waals surface area contributed by atoms with Crippen LogP contribution in [0.1, 0.15) is 46.3 Å². The summed E-state index contributed by atoms with van der Waals surface area (Å²) >= 11 is 0. The predicted molar refractivity (Wildman–Crippen MR) is 104 cm³/mol. The van der Waals surface area contributed by atoms with Crippen LogP contribution in [0.4, 0.5) is 14.5 Å². The number of hydrogen-bond acceptors (Lipinski definition) is 3. The van der Waals surface area contributed by atoms with Crippen molar-refractivity contribution in [3.63, 3.8) is 0 Å². The fourth-order valence-electron chi connectivity index (χ4n) is 4.18. The maximum atomic E-state index is 14.4. The minimum atomic E-state index is -0.974. The number of rotatable bonds is 5. The summed E-state index contributed by atoms with van der Waals surface area (Å²) in [6.45, 7) is 0.0569. The summed E-state index contributed by atoms with van der Waals surface area (Å²) in [6, 6.07) is 8.55. The van der Waals surface area contributed by atoms with Crippen molar-refractivity contribution in [1.82, 2.24) is 5.32 Å². The van der Waals surface area contributed by atoms with Crippen LogP contribution in [-0.4, -0.2) is 23.5 Å². The fraction of sp³-hybridized carbons (Fsp3) is 0.273. The van der Waals surface area contributed by atoms with Crippen molar-refractivity contribution in [2.75, 3.05) is 11.9 Å². The Balaban J connectivity index is 1.61. The van der Waals surface area contributed by atoms with Crippen molar-refractivity contribution in [2.45, 2.75) is 24.8 Å². The van der Waals surface area contributed by atoms with E-state index in [9.17, 15) is 18.4 Å². The number of nitrogens with one attached hydrogen (secondary N) is 2. The number of anilines is 1. The van der Waals surface area contributed by atoms with Crippen LogP contribution >= 0.6 is 0 Å². The van der Waals surface area contributed by atoms with Crippen molar-refractivity contribution >= 4 is 17.6 Å². The van der Waals surface area contributed by atoms with Crippen LogP contribution in [0, 0.1) is 17.6 Å². The van der Waals surface area contributed by atoms with Crippen LogP contribution in [0.25, 0.3) is 0 Å². The molecule has 0 fully saturated rings. The normalized spacial score (nSPS) is 21.8. The summed E-state index contributed by atoms with van der Waals surface area (Å²) in [6.07, 6.45) is 4.70. The Morgan fingerprint density at radius 2 is 1.97 bits per heavy atom. The lowest BCUT2D eigenvalue weighted by molar-refractivity contribution is -0.136. The topological polar surface area (TPSA) is 78.4 Å². The Labute approximate surface area is 166 Å². The molecule has 29 heavy (non-hydrogen) atoms. The van der Waals surface area contributed by atoms with Gasteiger partial charge in [-0.3, -0.25) is 9.59 Å². The van der Waals surface area contributed by atoms with Crippen molar-refractivity contribution in [3.05, 3.63) is 76.9 Å². The van der Waals surface area contributed by atoms with Gasteiger partial charge in [0.05, 0.1) is 12.5 Å². The number of carboxylic acids is 1. The lowest BCUT2D eigenvalue weighted by Gasteiger charge is -2.37. The number of hydrogen-bond donors (Lipinski definition) is 3. The monoisotopic (exact) mass is 398 g/mol. The maximum Gasteiger partial charge on any atom is 0.305 e. The van der Waals surface area contributed by atoms with Crippen LogP contribution in [0.15, 0.2) is 48.6 Å². The molecule has 2 aliphatic rings. The first-order valence-electron chi connectivity index (χ1n) is 9.46. The molecule has 150 valence electrons.